The van der Waals surface area contributed by atoms with E-state index in [1.165, 1.54) is 25.7 Å². The number of nitrogens with one attached hydrogen (secondary N) is 1. The molecule has 0 bridgehead atoms. The molecule has 19 heavy (non-hydrogen) atoms. The maximum absolute atomic E-state index is 13.1. The lowest BCUT2D eigenvalue weighted by Gasteiger charge is -2.42. The molecule has 0 aromatic heterocycles. The van der Waals surface area contributed by atoms with Gasteiger partial charge in [0, 0.05) is 12.6 Å². The first-order valence-electron chi connectivity index (χ1n) is 8.25. The molecule has 1 N–H and O–H groups in total. The highest BCUT2D eigenvalue weighted by Gasteiger charge is 2.42. The summed E-state index contributed by atoms with van der Waals surface area (Å²) in [7, 11) is 0. The topological polar surface area (TPSA) is 32.3 Å². The Kier molecular flexibility index (Phi) is 5.26. The zero-order chi connectivity index (χ0) is 13.7. The minimum absolute atomic E-state index is 0.0569. The maximum atomic E-state index is 13.1. The third-order valence-corrected chi connectivity index (χ3v) is 5.11. The number of amides is 1. The van der Waals surface area contributed by atoms with Gasteiger partial charge in [0.1, 0.15) is 0 Å². The van der Waals surface area contributed by atoms with Gasteiger partial charge in [0.25, 0.3) is 0 Å². The van der Waals surface area contributed by atoms with Gasteiger partial charge in [-0.25, -0.2) is 0 Å². The van der Waals surface area contributed by atoms with Gasteiger partial charge < -0.3 is 10.2 Å². The Bertz CT molecular complexity index is 286. The molecule has 1 amide bonds. The smallest absolute Gasteiger partial charge is 0.229 e. The van der Waals surface area contributed by atoms with Crippen LogP contribution in [0.15, 0.2) is 0 Å². The molecule has 2 rings (SSSR count). The summed E-state index contributed by atoms with van der Waals surface area (Å²) in [5.74, 6) is 0.463. The van der Waals surface area contributed by atoms with Crippen LogP contribution < -0.4 is 5.32 Å². The van der Waals surface area contributed by atoms with Crippen LogP contribution >= 0.6 is 0 Å². The molecule has 0 spiro atoms. The number of hydrogen-bond acceptors (Lipinski definition) is 2. The fourth-order valence-electron chi connectivity index (χ4n) is 4.04. The average Bonchev–Trinajstić information content (AvgIpc) is 2.95. The number of nitrogens with zero attached hydrogens (tertiary/aromatic N) is 1. The van der Waals surface area contributed by atoms with Crippen LogP contribution in [0, 0.1) is 5.41 Å². The third kappa shape index (κ3) is 3.13. The van der Waals surface area contributed by atoms with Gasteiger partial charge in [-0.1, -0.05) is 26.2 Å². The first-order valence-corrected chi connectivity index (χ1v) is 8.25. The molecule has 110 valence electrons. The SMILES string of the molecule is CCCC1(C(=O)N(CC)C2CCCC2)CCNCC1. The number of carbonyl (C=O) groups excluding carboxylic acids is 1. The van der Waals surface area contributed by atoms with E-state index in [1.54, 1.807) is 0 Å². The summed E-state index contributed by atoms with van der Waals surface area (Å²) >= 11 is 0. The van der Waals surface area contributed by atoms with E-state index in [-0.39, 0.29) is 5.41 Å². The Morgan fingerprint density at radius 2 is 1.84 bits per heavy atom. The van der Waals surface area contributed by atoms with Crippen LogP contribution in [-0.2, 0) is 4.79 Å². The summed E-state index contributed by atoms with van der Waals surface area (Å²) in [6, 6.07) is 0.529. The molecular formula is C16H30N2O. The van der Waals surface area contributed by atoms with Gasteiger partial charge in [-0.3, -0.25) is 4.79 Å². The van der Waals surface area contributed by atoms with Crippen LogP contribution in [0.25, 0.3) is 0 Å². The van der Waals surface area contributed by atoms with E-state index in [4.69, 9.17) is 0 Å². The van der Waals surface area contributed by atoms with E-state index in [0.717, 1.165) is 45.3 Å². The van der Waals surface area contributed by atoms with Crippen LogP contribution in [0.4, 0.5) is 0 Å². The lowest BCUT2D eigenvalue weighted by atomic mass is 9.74. The van der Waals surface area contributed by atoms with Crippen LogP contribution in [0.1, 0.15) is 65.2 Å². The van der Waals surface area contributed by atoms with E-state index < -0.39 is 0 Å². The Morgan fingerprint density at radius 1 is 1.21 bits per heavy atom. The second-order valence-corrected chi connectivity index (χ2v) is 6.31. The van der Waals surface area contributed by atoms with Crippen molar-refractivity contribution in [2.75, 3.05) is 19.6 Å². The predicted molar refractivity (Wildman–Crippen MR) is 79.1 cm³/mol. The van der Waals surface area contributed by atoms with Gasteiger partial charge in [0.15, 0.2) is 0 Å². The summed E-state index contributed by atoms with van der Waals surface area (Å²) < 4.78 is 0. The van der Waals surface area contributed by atoms with E-state index in [9.17, 15) is 4.79 Å². The standard InChI is InChI=1S/C16H30N2O/c1-3-9-16(10-12-17-13-11-16)15(19)18(4-2)14-7-5-6-8-14/h14,17H,3-13H2,1-2H3. The first kappa shape index (κ1) is 14.8. The molecule has 3 heteroatoms. The molecular weight excluding hydrogens is 236 g/mol. The number of piperidine rings is 1. The quantitative estimate of drug-likeness (QED) is 0.830. The number of hydrogen-bond donors (Lipinski definition) is 1. The summed E-state index contributed by atoms with van der Waals surface area (Å²) in [4.78, 5) is 15.3. The molecule has 0 unspecified atom stereocenters. The average molecular weight is 266 g/mol. The zero-order valence-electron chi connectivity index (χ0n) is 12.7. The third-order valence-electron chi connectivity index (χ3n) is 5.11. The minimum Gasteiger partial charge on any atom is -0.340 e. The zero-order valence-corrected chi connectivity index (χ0v) is 12.7. The second-order valence-electron chi connectivity index (χ2n) is 6.31. The Labute approximate surface area is 118 Å². The van der Waals surface area contributed by atoms with Gasteiger partial charge in [-0.15, -0.1) is 0 Å². The van der Waals surface area contributed by atoms with Crippen molar-refractivity contribution in [1.82, 2.24) is 10.2 Å². The van der Waals surface area contributed by atoms with Crippen molar-refractivity contribution in [2.45, 2.75) is 71.3 Å². The highest BCUT2D eigenvalue weighted by molar-refractivity contribution is 5.83. The van der Waals surface area contributed by atoms with Crippen LogP contribution in [-0.4, -0.2) is 36.5 Å². The van der Waals surface area contributed by atoms with Crippen molar-refractivity contribution in [3.8, 4) is 0 Å². The Morgan fingerprint density at radius 3 is 2.37 bits per heavy atom. The van der Waals surface area contributed by atoms with Crippen molar-refractivity contribution in [3.05, 3.63) is 0 Å². The van der Waals surface area contributed by atoms with E-state index in [2.05, 4.69) is 24.1 Å². The molecule has 0 aromatic carbocycles. The molecule has 0 aromatic rings. The lowest BCUT2D eigenvalue weighted by molar-refractivity contribution is -0.146. The van der Waals surface area contributed by atoms with Crippen molar-refractivity contribution >= 4 is 5.91 Å². The second kappa shape index (κ2) is 6.74. The van der Waals surface area contributed by atoms with Gasteiger partial charge >= 0.3 is 0 Å². The molecule has 0 radical (unpaired) electrons. The van der Waals surface area contributed by atoms with Gasteiger partial charge in [0.05, 0.1) is 5.41 Å². The van der Waals surface area contributed by atoms with Crippen molar-refractivity contribution in [3.63, 3.8) is 0 Å². The van der Waals surface area contributed by atoms with Crippen LogP contribution in [0.2, 0.25) is 0 Å². The van der Waals surface area contributed by atoms with Gasteiger partial charge in [-0.05, 0) is 52.1 Å². The molecule has 0 atom stereocenters. The van der Waals surface area contributed by atoms with Gasteiger partial charge in [0.2, 0.25) is 5.91 Å². The maximum Gasteiger partial charge on any atom is 0.229 e. The summed E-state index contributed by atoms with van der Waals surface area (Å²) in [6.07, 6.45) is 9.30. The van der Waals surface area contributed by atoms with Crippen LogP contribution in [0.3, 0.4) is 0 Å². The molecule has 1 aliphatic heterocycles. The van der Waals surface area contributed by atoms with Crippen molar-refractivity contribution in [2.24, 2.45) is 5.41 Å². The van der Waals surface area contributed by atoms with E-state index >= 15 is 0 Å². The molecule has 1 heterocycles. The van der Waals surface area contributed by atoms with Crippen molar-refractivity contribution in [1.29, 1.82) is 0 Å². The molecule has 1 saturated heterocycles. The highest BCUT2D eigenvalue weighted by atomic mass is 16.2. The molecule has 3 nitrogen and oxygen atoms in total. The Balaban J connectivity index is 2.12. The monoisotopic (exact) mass is 266 g/mol. The molecule has 1 aliphatic carbocycles. The fraction of sp³-hybridized carbons (Fsp3) is 0.938. The summed E-state index contributed by atoms with van der Waals surface area (Å²) in [5.41, 5.74) is -0.0569. The summed E-state index contributed by atoms with van der Waals surface area (Å²) in [6.45, 7) is 7.27. The predicted octanol–water partition coefficient (Wildman–Crippen LogP) is 2.95. The summed E-state index contributed by atoms with van der Waals surface area (Å²) in [5, 5.41) is 3.41. The van der Waals surface area contributed by atoms with E-state index in [0.29, 0.717) is 11.9 Å². The van der Waals surface area contributed by atoms with Crippen molar-refractivity contribution < 1.29 is 4.79 Å². The van der Waals surface area contributed by atoms with E-state index in [1.807, 2.05) is 0 Å². The number of rotatable bonds is 5. The molecule has 2 aliphatic rings. The fourth-order valence-corrected chi connectivity index (χ4v) is 4.04. The van der Waals surface area contributed by atoms with Gasteiger partial charge in [-0.2, -0.15) is 0 Å². The highest BCUT2D eigenvalue weighted by Crippen LogP contribution is 2.38. The molecule has 2 fully saturated rings. The molecule has 1 saturated carbocycles. The van der Waals surface area contributed by atoms with Crippen LogP contribution in [0.5, 0.6) is 0 Å². The largest absolute Gasteiger partial charge is 0.340 e. The Hall–Kier alpha value is -0.570. The first-order chi connectivity index (χ1) is 9.23. The minimum atomic E-state index is -0.0569. The lowest BCUT2D eigenvalue weighted by Crippen LogP contribution is -2.51. The number of carbonyl (C=O) groups is 1. The normalized spacial score (nSPS) is 23.5.